The van der Waals surface area contributed by atoms with E-state index in [-0.39, 0.29) is 5.54 Å². The molecule has 0 spiro atoms. The molecule has 0 radical (unpaired) electrons. The topological polar surface area (TPSA) is 28.2 Å². The molecule has 19 heavy (non-hydrogen) atoms. The van der Waals surface area contributed by atoms with E-state index in [2.05, 4.69) is 38.0 Å². The van der Waals surface area contributed by atoms with Gasteiger partial charge in [0.15, 0.2) is 0 Å². The van der Waals surface area contributed by atoms with Crippen molar-refractivity contribution in [1.29, 1.82) is 0 Å². The standard InChI is InChI=1S/C15H27N3S/c1-5-13-12(3)19-14(17-13)15(16-4)8-7-10-18(6-2)11-9-15/h16H,5-11H2,1-4H3. The highest BCUT2D eigenvalue weighted by Gasteiger charge is 2.35. The molecule has 0 aliphatic carbocycles. The first-order valence-corrected chi connectivity index (χ1v) is 8.35. The first kappa shape index (κ1) is 14.9. The molecule has 0 saturated carbocycles. The van der Waals surface area contributed by atoms with Crippen LogP contribution in [0.15, 0.2) is 0 Å². The Morgan fingerprint density at radius 2 is 2.11 bits per heavy atom. The summed E-state index contributed by atoms with van der Waals surface area (Å²) in [4.78, 5) is 8.87. The van der Waals surface area contributed by atoms with Crippen LogP contribution in [0.1, 0.15) is 48.7 Å². The van der Waals surface area contributed by atoms with Gasteiger partial charge in [-0.15, -0.1) is 11.3 Å². The second-order valence-electron chi connectivity index (χ2n) is 5.50. The minimum Gasteiger partial charge on any atom is -0.308 e. The highest BCUT2D eigenvalue weighted by Crippen LogP contribution is 2.36. The van der Waals surface area contributed by atoms with Gasteiger partial charge in [0.1, 0.15) is 5.01 Å². The molecule has 1 aromatic heterocycles. The molecule has 1 N–H and O–H groups in total. The number of aryl methyl sites for hydroxylation is 2. The zero-order valence-corrected chi connectivity index (χ0v) is 13.6. The van der Waals surface area contributed by atoms with E-state index in [1.54, 1.807) is 0 Å². The van der Waals surface area contributed by atoms with E-state index in [9.17, 15) is 0 Å². The summed E-state index contributed by atoms with van der Waals surface area (Å²) in [6, 6.07) is 0. The number of rotatable bonds is 4. The predicted octanol–water partition coefficient (Wildman–Crippen LogP) is 2.93. The van der Waals surface area contributed by atoms with Crippen molar-refractivity contribution in [3.63, 3.8) is 0 Å². The molecule has 1 fully saturated rings. The Morgan fingerprint density at radius 3 is 2.68 bits per heavy atom. The van der Waals surface area contributed by atoms with Crippen molar-refractivity contribution in [2.75, 3.05) is 26.7 Å². The third-order valence-electron chi connectivity index (χ3n) is 4.50. The highest BCUT2D eigenvalue weighted by atomic mass is 32.1. The van der Waals surface area contributed by atoms with Gasteiger partial charge in [-0.3, -0.25) is 0 Å². The Balaban J connectivity index is 2.25. The second-order valence-corrected chi connectivity index (χ2v) is 6.70. The van der Waals surface area contributed by atoms with Crippen LogP contribution in [-0.4, -0.2) is 36.6 Å². The molecular formula is C15H27N3S. The first-order chi connectivity index (χ1) is 9.15. The number of thiazole rings is 1. The summed E-state index contributed by atoms with van der Waals surface area (Å²) in [5, 5.41) is 4.91. The SMILES string of the molecule is CCc1nc(C2(NC)CCCN(CC)CC2)sc1C. The summed E-state index contributed by atoms with van der Waals surface area (Å²) in [6.45, 7) is 10.2. The van der Waals surface area contributed by atoms with Crippen molar-refractivity contribution in [2.24, 2.45) is 0 Å². The highest BCUT2D eigenvalue weighted by molar-refractivity contribution is 7.11. The fourth-order valence-corrected chi connectivity index (χ4v) is 4.29. The van der Waals surface area contributed by atoms with E-state index in [0.29, 0.717) is 0 Å². The normalized spacial score (nSPS) is 25.5. The van der Waals surface area contributed by atoms with E-state index in [0.717, 1.165) is 13.0 Å². The van der Waals surface area contributed by atoms with Gasteiger partial charge in [0.25, 0.3) is 0 Å². The van der Waals surface area contributed by atoms with Gasteiger partial charge < -0.3 is 10.2 Å². The Hall–Kier alpha value is -0.450. The Bertz CT molecular complexity index is 416. The molecule has 2 rings (SSSR count). The summed E-state index contributed by atoms with van der Waals surface area (Å²) in [7, 11) is 2.10. The van der Waals surface area contributed by atoms with E-state index in [1.807, 2.05) is 11.3 Å². The maximum atomic E-state index is 4.92. The van der Waals surface area contributed by atoms with Gasteiger partial charge in [0.05, 0.1) is 11.2 Å². The predicted molar refractivity (Wildman–Crippen MR) is 82.9 cm³/mol. The summed E-state index contributed by atoms with van der Waals surface area (Å²) in [6.07, 6.45) is 4.68. The molecule has 0 aromatic carbocycles. The Labute approximate surface area is 121 Å². The van der Waals surface area contributed by atoms with Gasteiger partial charge >= 0.3 is 0 Å². The fourth-order valence-electron chi connectivity index (χ4n) is 3.04. The summed E-state index contributed by atoms with van der Waals surface area (Å²) < 4.78 is 0. The molecule has 1 aromatic rings. The van der Waals surface area contributed by atoms with Crippen molar-refractivity contribution in [3.8, 4) is 0 Å². The van der Waals surface area contributed by atoms with Gasteiger partial charge in [0, 0.05) is 11.4 Å². The van der Waals surface area contributed by atoms with Gasteiger partial charge in [-0.1, -0.05) is 13.8 Å². The van der Waals surface area contributed by atoms with Crippen LogP contribution >= 0.6 is 11.3 Å². The van der Waals surface area contributed by atoms with Crippen LogP contribution in [-0.2, 0) is 12.0 Å². The van der Waals surface area contributed by atoms with E-state index >= 15 is 0 Å². The molecule has 108 valence electrons. The third kappa shape index (κ3) is 3.01. The van der Waals surface area contributed by atoms with Crippen LogP contribution in [0.2, 0.25) is 0 Å². The van der Waals surface area contributed by atoms with E-state index in [1.165, 1.54) is 47.9 Å². The molecule has 1 aliphatic heterocycles. The number of hydrogen-bond acceptors (Lipinski definition) is 4. The van der Waals surface area contributed by atoms with Crippen molar-refractivity contribution in [2.45, 2.75) is 52.0 Å². The number of hydrogen-bond donors (Lipinski definition) is 1. The molecule has 3 nitrogen and oxygen atoms in total. The Kier molecular flexibility index (Phi) is 4.98. The maximum Gasteiger partial charge on any atom is 0.113 e. The van der Waals surface area contributed by atoms with Gasteiger partial charge in [-0.2, -0.15) is 0 Å². The number of nitrogens with zero attached hydrogens (tertiary/aromatic N) is 2. The van der Waals surface area contributed by atoms with Crippen LogP contribution in [0.3, 0.4) is 0 Å². The summed E-state index contributed by atoms with van der Waals surface area (Å²) in [5.74, 6) is 0. The van der Waals surface area contributed by atoms with Crippen LogP contribution in [0, 0.1) is 6.92 Å². The lowest BCUT2D eigenvalue weighted by atomic mass is 9.91. The van der Waals surface area contributed by atoms with Gasteiger partial charge in [-0.25, -0.2) is 4.98 Å². The minimum absolute atomic E-state index is 0.104. The average molecular weight is 281 g/mol. The maximum absolute atomic E-state index is 4.92. The molecule has 4 heteroatoms. The first-order valence-electron chi connectivity index (χ1n) is 7.53. The van der Waals surface area contributed by atoms with Crippen LogP contribution in [0.25, 0.3) is 0 Å². The molecule has 2 heterocycles. The third-order valence-corrected chi connectivity index (χ3v) is 5.71. The quantitative estimate of drug-likeness (QED) is 0.920. The van der Waals surface area contributed by atoms with Crippen LogP contribution in [0.4, 0.5) is 0 Å². The van der Waals surface area contributed by atoms with Crippen LogP contribution in [0.5, 0.6) is 0 Å². The lowest BCUT2D eigenvalue weighted by Crippen LogP contribution is -2.41. The van der Waals surface area contributed by atoms with E-state index < -0.39 is 0 Å². The lowest BCUT2D eigenvalue weighted by molar-refractivity contribution is 0.273. The summed E-state index contributed by atoms with van der Waals surface area (Å²) >= 11 is 1.89. The molecule has 0 bridgehead atoms. The molecule has 1 aliphatic rings. The van der Waals surface area contributed by atoms with Crippen molar-refractivity contribution in [1.82, 2.24) is 15.2 Å². The molecule has 0 amide bonds. The van der Waals surface area contributed by atoms with E-state index in [4.69, 9.17) is 4.98 Å². The molecular weight excluding hydrogens is 254 g/mol. The van der Waals surface area contributed by atoms with Crippen molar-refractivity contribution in [3.05, 3.63) is 15.6 Å². The second kappa shape index (κ2) is 6.33. The number of nitrogens with one attached hydrogen (secondary N) is 1. The van der Waals surface area contributed by atoms with Crippen molar-refractivity contribution >= 4 is 11.3 Å². The van der Waals surface area contributed by atoms with Gasteiger partial charge in [-0.05, 0) is 52.7 Å². The Morgan fingerprint density at radius 1 is 1.32 bits per heavy atom. The lowest BCUT2D eigenvalue weighted by Gasteiger charge is -2.30. The zero-order chi connectivity index (χ0) is 13.9. The number of likely N-dealkylation sites (tertiary alicyclic amines) is 1. The monoisotopic (exact) mass is 281 g/mol. The smallest absolute Gasteiger partial charge is 0.113 e. The fraction of sp³-hybridized carbons (Fsp3) is 0.800. The average Bonchev–Trinajstić information content (AvgIpc) is 2.69. The molecule has 1 atom stereocenters. The van der Waals surface area contributed by atoms with Crippen molar-refractivity contribution < 1.29 is 0 Å². The van der Waals surface area contributed by atoms with Gasteiger partial charge in [0.2, 0.25) is 0 Å². The number of aromatic nitrogens is 1. The zero-order valence-electron chi connectivity index (χ0n) is 12.8. The van der Waals surface area contributed by atoms with Crippen LogP contribution < -0.4 is 5.32 Å². The minimum atomic E-state index is 0.104. The largest absolute Gasteiger partial charge is 0.308 e. The summed E-state index contributed by atoms with van der Waals surface area (Å²) in [5.41, 5.74) is 1.39. The molecule has 1 saturated heterocycles. The molecule has 1 unspecified atom stereocenters.